The maximum absolute atomic E-state index is 11.8. The Kier molecular flexibility index (Phi) is 4.25. The SMILES string of the molecule is O=C(CCc1ccc(N2C(=O)C=CC2=O)cc1)On1c(O)ccc1O. The van der Waals surface area contributed by atoms with Crippen molar-refractivity contribution in [3.8, 4) is 11.8 Å². The van der Waals surface area contributed by atoms with Crippen molar-refractivity contribution < 1.29 is 29.4 Å². The minimum atomic E-state index is -0.639. The van der Waals surface area contributed by atoms with Crippen LogP contribution in [0.4, 0.5) is 5.69 Å². The van der Waals surface area contributed by atoms with E-state index < -0.39 is 17.8 Å². The normalized spacial score (nSPS) is 13.5. The number of nitrogens with zero attached hydrogens (tertiary/aromatic N) is 2. The molecule has 8 heteroatoms. The highest BCUT2D eigenvalue weighted by atomic mass is 16.7. The average molecular weight is 342 g/mol. The molecule has 0 bridgehead atoms. The smallest absolute Gasteiger partial charge is 0.333 e. The van der Waals surface area contributed by atoms with Crippen LogP contribution < -0.4 is 9.74 Å². The molecule has 0 saturated carbocycles. The molecular formula is C17H14N2O6. The Morgan fingerprint density at radius 1 is 0.920 bits per heavy atom. The van der Waals surface area contributed by atoms with E-state index in [4.69, 9.17) is 4.84 Å². The summed E-state index contributed by atoms with van der Waals surface area (Å²) < 4.78 is 0.628. The number of imide groups is 1. The van der Waals surface area contributed by atoms with Crippen LogP contribution in [0.3, 0.4) is 0 Å². The Hall–Kier alpha value is -3.55. The van der Waals surface area contributed by atoms with E-state index in [2.05, 4.69) is 0 Å². The van der Waals surface area contributed by atoms with Crippen LogP contribution in [0, 0.1) is 0 Å². The van der Waals surface area contributed by atoms with Crippen LogP contribution in [0.2, 0.25) is 0 Å². The van der Waals surface area contributed by atoms with Gasteiger partial charge in [-0.05, 0) is 24.1 Å². The van der Waals surface area contributed by atoms with Gasteiger partial charge in [0, 0.05) is 24.3 Å². The first kappa shape index (κ1) is 16.3. The Morgan fingerprint density at radius 3 is 2.04 bits per heavy atom. The summed E-state index contributed by atoms with van der Waals surface area (Å²) in [7, 11) is 0. The lowest BCUT2D eigenvalue weighted by Gasteiger charge is -2.14. The van der Waals surface area contributed by atoms with Crippen molar-refractivity contribution in [3.05, 3.63) is 54.1 Å². The summed E-state index contributed by atoms with van der Waals surface area (Å²) in [5.41, 5.74) is 1.25. The van der Waals surface area contributed by atoms with E-state index in [1.54, 1.807) is 24.3 Å². The highest BCUT2D eigenvalue weighted by molar-refractivity contribution is 6.28. The summed E-state index contributed by atoms with van der Waals surface area (Å²) in [5, 5.41) is 18.8. The number of rotatable bonds is 5. The summed E-state index contributed by atoms with van der Waals surface area (Å²) in [4.78, 5) is 40.9. The van der Waals surface area contributed by atoms with E-state index in [0.717, 1.165) is 10.5 Å². The molecule has 0 unspecified atom stereocenters. The second-order valence-corrected chi connectivity index (χ2v) is 5.32. The molecule has 3 rings (SSSR count). The predicted octanol–water partition coefficient (Wildman–Crippen LogP) is 0.917. The number of carbonyl (C=O) groups excluding carboxylic acids is 3. The largest absolute Gasteiger partial charge is 0.492 e. The third-order valence-corrected chi connectivity index (χ3v) is 3.61. The van der Waals surface area contributed by atoms with Crippen molar-refractivity contribution in [1.82, 2.24) is 4.73 Å². The van der Waals surface area contributed by atoms with Gasteiger partial charge >= 0.3 is 5.97 Å². The topological polar surface area (TPSA) is 109 Å². The van der Waals surface area contributed by atoms with E-state index in [9.17, 15) is 24.6 Å². The molecule has 8 nitrogen and oxygen atoms in total. The van der Waals surface area contributed by atoms with Crippen LogP contribution in [0.15, 0.2) is 48.6 Å². The number of hydrogen-bond donors (Lipinski definition) is 2. The molecule has 0 spiro atoms. The third kappa shape index (κ3) is 3.37. The van der Waals surface area contributed by atoms with Crippen molar-refractivity contribution in [1.29, 1.82) is 0 Å². The zero-order chi connectivity index (χ0) is 18.0. The summed E-state index contributed by atoms with van der Waals surface area (Å²) in [6, 6.07) is 9.02. The summed E-state index contributed by atoms with van der Waals surface area (Å²) in [6.45, 7) is 0. The lowest BCUT2D eigenvalue weighted by Crippen LogP contribution is -2.29. The van der Waals surface area contributed by atoms with Crippen molar-refractivity contribution >= 4 is 23.5 Å². The van der Waals surface area contributed by atoms with Gasteiger partial charge in [0.2, 0.25) is 11.8 Å². The van der Waals surface area contributed by atoms with Gasteiger partial charge in [0.15, 0.2) is 0 Å². The lowest BCUT2D eigenvalue weighted by molar-refractivity contribution is -0.145. The van der Waals surface area contributed by atoms with E-state index in [0.29, 0.717) is 16.8 Å². The summed E-state index contributed by atoms with van der Waals surface area (Å²) in [6.07, 6.45) is 2.78. The van der Waals surface area contributed by atoms with Gasteiger partial charge in [-0.3, -0.25) is 9.59 Å². The van der Waals surface area contributed by atoms with Crippen LogP contribution in [-0.2, 0) is 20.8 Å². The second-order valence-electron chi connectivity index (χ2n) is 5.32. The molecule has 0 radical (unpaired) electrons. The molecule has 0 aliphatic carbocycles. The number of hydrogen-bond acceptors (Lipinski definition) is 6. The van der Waals surface area contributed by atoms with E-state index in [-0.39, 0.29) is 18.2 Å². The quantitative estimate of drug-likeness (QED) is 0.782. The van der Waals surface area contributed by atoms with E-state index in [1.807, 2.05) is 0 Å². The van der Waals surface area contributed by atoms with Gasteiger partial charge < -0.3 is 15.1 Å². The number of aromatic hydroxyl groups is 2. The number of benzene rings is 1. The lowest BCUT2D eigenvalue weighted by atomic mass is 10.1. The van der Waals surface area contributed by atoms with E-state index >= 15 is 0 Å². The molecule has 1 aromatic heterocycles. The van der Waals surface area contributed by atoms with Gasteiger partial charge in [0.25, 0.3) is 11.8 Å². The van der Waals surface area contributed by atoms with Crippen LogP contribution in [0.5, 0.6) is 11.8 Å². The molecule has 0 fully saturated rings. The van der Waals surface area contributed by atoms with Crippen molar-refractivity contribution in [2.24, 2.45) is 0 Å². The van der Waals surface area contributed by atoms with Crippen molar-refractivity contribution in [2.45, 2.75) is 12.8 Å². The minimum Gasteiger partial charge on any atom is -0.492 e. The van der Waals surface area contributed by atoms with E-state index in [1.165, 1.54) is 24.3 Å². The number of aryl methyl sites for hydroxylation is 1. The molecule has 2 aromatic rings. The molecule has 128 valence electrons. The molecule has 1 aromatic carbocycles. The molecule has 0 saturated heterocycles. The monoisotopic (exact) mass is 342 g/mol. The molecule has 1 aliphatic rings. The predicted molar refractivity (Wildman–Crippen MR) is 85.7 cm³/mol. The molecule has 25 heavy (non-hydrogen) atoms. The van der Waals surface area contributed by atoms with Gasteiger partial charge in [-0.1, -0.05) is 12.1 Å². The van der Waals surface area contributed by atoms with Crippen LogP contribution in [0.25, 0.3) is 0 Å². The van der Waals surface area contributed by atoms with Crippen LogP contribution in [0.1, 0.15) is 12.0 Å². The minimum absolute atomic E-state index is 0.0134. The Bertz CT molecular complexity index is 828. The summed E-state index contributed by atoms with van der Waals surface area (Å²) >= 11 is 0. The average Bonchev–Trinajstić information content (AvgIpc) is 3.09. The van der Waals surface area contributed by atoms with Crippen molar-refractivity contribution in [3.63, 3.8) is 0 Å². The fourth-order valence-corrected chi connectivity index (χ4v) is 2.36. The first-order chi connectivity index (χ1) is 12.0. The first-order valence-corrected chi connectivity index (χ1v) is 7.41. The third-order valence-electron chi connectivity index (χ3n) is 3.61. The van der Waals surface area contributed by atoms with Gasteiger partial charge in [0.1, 0.15) is 0 Å². The number of amides is 2. The first-order valence-electron chi connectivity index (χ1n) is 7.41. The highest BCUT2D eigenvalue weighted by Crippen LogP contribution is 2.21. The molecule has 0 atom stereocenters. The zero-order valence-electron chi connectivity index (χ0n) is 13.0. The maximum Gasteiger partial charge on any atom is 0.333 e. The summed E-state index contributed by atoms with van der Waals surface area (Å²) in [5.74, 6) is -2.20. The van der Waals surface area contributed by atoms with Gasteiger partial charge in [-0.15, -0.1) is 4.73 Å². The highest BCUT2D eigenvalue weighted by Gasteiger charge is 2.24. The maximum atomic E-state index is 11.8. The van der Waals surface area contributed by atoms with Crippen LogP contribution in [-0.4, -0.2) is 32.7 Å². The Balaban J connectivity index is 1.58. The molecular weight excluding hydrogens is 328 g/mol. The van der Waals surface area contributed by atoms with Crippen molar-refractivity contribution in [2.75, 3.05) is 4.90 Å². The zero-order valence-corrected chi connectivity index (χ0v) is 13.0. The number of carbonyl (C=O) groups is 3. The molecule has 2 amide bonds. The molecule has 1 aliphatic heterocycles. The standard InChI is InChI=1S/C17H14N2O6/c20-13-6-7-14(21)18(13)12-4-1-11(2-5-12)3-10-17(24)25-19-15(22)8-9-16(19)23/h1-2,4-9,22-23H,3,10H2. The fourth-order valence-electron chi connectivity index (χ4n) is 2.36. The van der Waals surface area contributed by atoms with Gasteiger partial charge in [-0.2, -0.15) is 0 Å². The number of anilines is 1. The van der Waals surface area contributed by atoms with Crippen LogP contribution >= 0.6 is 0 Å². The van der Waals surface area contributed by atoms with Gasteiger partial charge in [0.05, 0.1) is 12.1 Å². The van der Waals surface area contributed by atoms with Gasteiger partial charge in [-0.25, -0.2) is 9.69 Å². The molecule has 2 heterocycles. The fraction of sp³-hybridized carbons (Fsp3) is 0.118. The Morgan fingerprint density at radius 2 is 1.48 bits per heavy atom. The number of aromatic nitrogens is 1. The Labute approximate surface area is 142 Å². The second kappa shape index (κ2) is 6.52. The molecule has 2 N–H and O–H groups in total.